The summed E-state index contributed by atoms with van der Waals surface area (Å²) >= 11 is 0. The number of nitrogens with one attached hydrogen (secondary N) is 1. The van der Waals surface area contributed by atoms with Crippen LogP contribution in [0.25, 0.3) is 0 Å². The Bertz CT molecular complexity index is 906. The van der Waals surface area contributed by atoms with Gasteiger partial charge in [-0.05, 0) is 24.1 Å². The van der Waals surface area contributed by atoms with E-state index in [1.807, 2.05) is 23.1 Å². The van der Waals surface area contributed by atoms with E-state index in [0.717, 1.165) is 6.42 Å². The van der Waals surface area contributed by atoms with Gasteiger partial charge in [0.05, 0.1) is 6.42 Å². The van der Waals surface area contributed by atoms with Crippen molar-refractivity contribution in [3.8, 4) is 5.75 Å². The standard InChI is InChI=1S/C22H23N3O3/c26-18-14-22(28-19-7-4-10-23-20(18)19)8-11-25(12-9-22)21(27)24-17-13-16(17)15-5-2-1-3-6-15/h1-7,10,16-17H,8-9,11-14H2,(H,24,27)/t16-,17+/m1/s1. The maximum atomic E-state index is 12.7. The molecule has 3 aliphatic rings. The van der Waals surface area contributed by atoms with Crippen molar-refractivity contribution in [3.05, 3.63) is 59.9 Å². The smallest absolute Gasteiger partial charge is 0.317 e. The number of piperidine rings is 1. The Balaban J connectivity index is 1.18. The monoisotopic (exact) mass is 377 g/mol. The first-order chi connectivity index (χ1) is 13.6. The van der Waals surface area contributed by atoms with Crippen molar-refractivity contribution in [3.63, 3.8) is 0 Å². The van der Waals surface area contributed by atoms with Crippen LogP contribution in [0, 0.1) is 0 Å². The van der Waals surface area contributed by atoms with Gasteiger partial charge in [-0.1, -0.05) is 30.3 Å². The number of Topliss-reactive ketones (excluding diaryl/α,β-unsaturated/α-hetero) is 1. The molecular weight excluding hydrogens is 354 g/mol. The van der Waals surface area contributed by atoms with Gasteiger partial charge in [0.15, 0.2) is 5.78 Å². The Morgan fingerprint density at radius 2 is 1.93 bits per heavy atom. The van der Waals surface area contributed by atoms with Gasteiger partial charge in [-0.15, -0.1) is 0 Å². The average Bonchev–Trinajstić information content (AvgIpc) is 3.48. The molecule has 3 heterocycles. The first-order valence-corrected chi connectivity index (χ1v) is 9.91. The summed E-state index contributed by atoms with van der Waals surface area (Å²) in [5.74, 6) is 1.02. The number of pyridine rings is 1. The highest BCUT2D eigenvalue weighted by Gasteiger charge is 2.45. The summed E-state index contributed by atoms with van der Waals surface area (Å²) in [6, 6.07) is 14.1. The maximum absolute atomic E-state index is 12.7. The number of carbonyl (C=O) groups is 2. The third-order valence-corrected chi connectivity index (χ3v) is 6.13. The van der Waals surface area contributed by atoms with Crippen LogP contribution in [0.4, 0.5) is 4.79 Å². The Morgan fingerprint density at radius 1 is 1.14 bits per heavy atom. The Hall–Kier alpha value is -2.89. The number of carbonyl (C=O) groups excluding carboxylic acids is 2. The summed E-state index contributed by atoms with van der Waals surface area (Å²) in [5.41, 5.74) is 1.21. The third kappa shape index (κ3) is 3.13. The average molecular weight is 377 g/mol. The fourth-order valence-electron chi connectivity index (χ4n) is 4.40. The molecule has 2 atom stereocenters. The van der Waals surface area contributed by atoms with E-state index >= 15 is 0 Å². The van der Waals surface area contributed by atoms with Crippen LogP contribution >= 0.6 is 0 Å². The summed E-state index contributed by atoms with van der Waals surface area (Å²) in [5, 5.41) is 3.16. The summed E-state index contributed by atoms with van der Waals surface area (Å²) in [6.07, 6.45) is 4.27. The number of benzene rings is 1. The minimum atomic E-state index is -0.504. The van der Waals surface area contributed by atoms with Crippen molar-refractivity contribution in [2.45, 2.75) is 43.2 Å². The molecule has 6 heteroatoms. The van der Waals surface area contributed by atoms with Crippen molar-refractivity contribution in [1.82, 2.24) is 15.2 Å². The number of hydrogen-bond acceptors (Lipinski definition) is 4. The zero-order valence-corrected chi connectivity index (χ0v) is 15.6. The van der Waals surface area contributed by atoms with Gasteiger partial charge in [0.2, 0.25) is 0 Å². The lowest BCUT2D eigenvalue weighted by atomic mass is 9.83. The van der Waals surface area contributed by atoms with Crippen molar-refractivity contribution in [2.24, 2.45) is 0 Å². The van der Waals surface area contributed by atoms with Crippen LogP contribution in [-0.4, -0.2) is 46.4 Å². The quantitative estimate of drug-likeness (QED) is 0.873. The maximum Gasteiger partial charge on any atom is 0.317 e. The molecular formula is C22H23N3O3. The van der Waals surface area contributed by atoms with Crippen molar-refractivity contribution < 1.29 is 14.3 Å². The second-order valence-electron chi connectivity index (χ2n) is 8.03. The van der Waals surface area contributed by atoms with Gasteiger partial charge in [-0.25, -0.2) is 9.78 Å². The number of ketones is 1. The number of fused-ring (bicyclic) bond motifs is 1. The molecule has 2 amide bonds. The van der Waals surface area contributed by atoms with Gasteiger partial charge in [-0.2, -0.15) is 0 Å². The Labute approximate surface area is 163 Å². The summed E-state index contributed by atoms with van der Waals surface area (Å²) in [6.45, 7) is 1.19. The number of amides is 2. The second kappa shape index (κ2) is 6.62. The van der Waals surface area contributed by atoms with Crippen molar-refractivity contribution >= 4 is 11.8 Å². The molecule has 28 heavy (non-hydrogen) atoms. The topological polar surface area (TPSA) is 71.5 Å². The molecule has 2 aromatic rings. The van der Waals surface area contributed by atoms with Crippen LogP contribution in [-0.2, 0) is 0 Å². The van der Waals surface area contributed by atoms with E-state index in [1.165, 1.54) is 5.56 Å². The molecule has 1 aliphatic carbocycles. The highest BCUT2D eigenvalue weighted by atomic mass is 16.5. The lowest BCUT2D eigenvalue weighted by Gasteiger charge is -2.43. The molecule has 1 aromatic heterocycles. The molecule has 2 fully saturated rings. The molecule has 2 aliphatic heterocycles. The number of nitrogens with zero attached hydrogens (tertiary/aromatic N) is 2. The Kier molecular flexibility index (Phi) is 4.07. The number of hydrogen-bond donors (Lipinski definition) is 1. The van der Waals surface area contributed by atoms with Crippen LogP contribution in [0.3, 0.4) is 0 Å². The van der Waals surface area contributed by atoms with Gasteiger partial charge >= 0.3 is 6.03 Å². The lowest BCUT2D eigenvalue weighted by molar-refractivity contribution is -0.00145. The molecule has 0 radical (unpaired) electrons. The normalized spacial score (nSPS) is 25.0. The molecule has 1 N–H and O–H groups in total. The van der Waals surface area contributed by atoms with E-state index in [9.17, 15) is 9.59 Å². The fraction of sp³-hybridized carbons (Fsp3) is 0.409. The molecule has 0 unspecified atom stereocenters. The minimum Gasteiger partial charge on any atom is -0.484 e. The molecule has 144 valence electrons. The summed E-state index contributed by atoms with van der Waals surface area (Å²) in [4.78, 5) is 31.1. The Morgan fingerprint density at radius 3 is 2.71 bits per heavy atom. The molecule has 0 bridgehead atoms. The third-order valence-electron chi connectivity index (χ3n) is 6.13. The van der Waals surface area contributed by atoms with Crippen LogP contribution in [0.5, 0.6) is 5.75 Å². The first-order valence-electron chi connectivity index (χ1n) is 9.91. The molecule has 1 aromatic carbocycles. The SMILES string of the molecule is O=C1CC2(CCN(C(=O)N[C@H]3C[C@@H]3c3ccccc3)CC2)Oc2cccnc21. The lowest BCUT2D eigenvalue weighted by Crippen LogP contribution is -2.54. The number of likely N-dealkylation sites (tertiary alicyclic amines) is 1. The minimum absolute atomic E-state index is 0.0116. The van der Waals surface area contributed by atoms with Crippen molar-refractivity contribution in [1.29, 1.82) is 0 Å². The van der Waals surface area contributed by atoms with E-state index in [4.69, 9.17) is 4.74 Å². The van der Waals surface area contributed by atoms with E-state index in [0.29, 0.717) is 49.7 Å². The van der Waals surface area contributed by atoms with E-state index in [1.54, 1.807) is 18.3 Å². The van der Waals surface area contributed by atoms with Gasteiger partial charge < -0.3 is 15.0 Å². The predicted octanol–water partition coefficient (Wildman–Crippen LogP) is 3.15. The summed E-state index contributed by atoms with van der Waals surface area (Å²) in [7, 11) is 0. The summed E-state index contributed by atoms with van der Waals surface area (Å²) < 4.78 is 6.19. The highest BCUT2D eigenvalue weighted by molar-refractivity contribution is 5.98. The van der Waals surface area contributed by atoms with Crippen LogP contribution < -0.4 is 10.1 Å². The van der Waals surface area contributed by atoms with E-state index < -0.39 is 5.60 Å². The number of urea groups is 1. The largest absolute Gasteiger partial charge is 0.484 e. The first kappa shape index (κ1) is 17.2. The van der Waals surface area contributed by atoms with Crippen molar-refractivity contribution in [2.75, 3.05) is 13.1 Å². The number of rotatable bonds is 2. The van der Waals surface area contributed by atoms with E-state index in [2.05, 4.69) is 22.4 Å². The van der Waals surface area contributed by atoms with Crippen LogP contribution in [0.15, 0.2) is 48.7 Å². The number of ether oxygens (including phenoxy) is 1. The zero-order valence-electron chi connectivity index (χ0n) is 15.6. The van der Waals surface area contributed by atoms with E-state index in [-0.39, 0.29) is 17.9 Å². The van der Waals surface area contributed by atoms with Gasteiger partial charge in [0, 0.05) is 44.1 Å². The van der Waals surface area contributed by atoms with Crippen LogP contribution in [0.1, 0.15) is 47.7 Å². The fourth-order valence-corrected chi connectivity index (χ4v) is 4.40. The second-order valence-corrected chi connectivity index (χ2v) is 8.03. The highest BCUT2D eigenvalue weighted by Crippen LogP contribution is 2.41. The molecule has 6 nitrogen and oxygen atoms in total. The van der Waals surface area contributed by atoms with Crippen LogP contribution in [0.2, 0.25) is 0 Å². The number of aromatic nitrogens is 1. The van der Waals surface area contributed by atoms with Gasteiger partial charge in [0.1, 0.15) is 17.0 Å². The molecule has 1 saturated carbocycles. The molecule has 5 rings (SSSR count). The molecule has 1 saturated heterocycles. The zero-order chi connectivity index (χ0) is 19.1. The van der Waals surface area contributed by atoms with Gasteiger partial charge in [-0.3, -0.25) is 4.79 Å². The molecule has 1 spiro atoms. The predicted molar refractivity (Wildman–Crippen MR) is 103 cm³/mol. The van der Waals surface area contributed by atoms with Gasteiger partial charge in [0.25, 0.3) is 0 Å².